The molecule has 0 spiro atoms. The minimum Gasteiger partial charge on any atom is -0.464 e. The number of nitrogens with one attached hydrogen (secondary N) is 3. The monoisotopic (exact) mass is 298 g/mol. The molecule has 8 heteroatoms. The lowest BCUT2D eigenvalue weighted by atomic mass is 10.4. The van der Waals surface area contributed by atoms with Gasteiger partial charge in [-0.25, -0.2) is 18.1 Å². The molecule has 0 atom stereocenters. The van der Waals surface area contributed by atoms with E-state index in [1.165, 1.54) is 0 Å². The molecule has 0 amide bonds. The lowest BCUT2D eigenvalue weighted by Gasteiger charge is -2.03. The second-order valence-electron chi connectivity index (χ2n) is 4.27. The highest BCUT2D eigenvalue weighted by molar-refractivity contribution is 7.89. The molecule has 0 aromatic carbocycles. The van der Waals surface area contributed by atoms with Crippen molar-refractivity contribution in [2.75, 3.05) is 6.54 Å². The van der Waals surface area contributed by atoms with Crippen molar-refractivity contribution in [1.82, 2.24) is 20.0 Å². The summed E-state index contributed by atoms with van der Waals surface area (Å²) in [6.07, 6.45) is 3.21. The zero-order valence-electron chi connectivity index (χ0n) is 11.4. The van der Waals surface area contributed by atoms with Crippen LogP contribution < -0.4 is 10.0 Å². The number of aromatic nitrogens is 2. The Hall–Kier alpha value is -1.64. The third kappa shape index (κ3) is 3.47. The van der Waals surface area contributed by atoms with Crippen molar-refractivity contribution in [2.24, 2.45) is 0 Å². The van der Waals surface area contributed by atoms with E-state index in [9.17, 15) is 8.42 Å². The van der Waals surface area contributed by atoms with Crippen LogP contribution >= 0.6 is 0 Å². The predicted octanol–water partition coefficient (Wildman–Crippen LogP) is 0.899. The normalized spacial score (nSPS) is 11.9. The van der Waals surface area contributed by atoms with Crippen LogP contribution in [0.25, 0.3) is 0 Å². The number of aryl methyl sites for hydroxylation is 1. The molecular formula is C12H18N4O3S. The molecule has 0 aliphatic heterocycles. The van der Waals surface area contributed by atoms with E-state index in [1.807, 2.05) is 6.92 Å². The molecule has 0 aliphatic carbocycles. The van der Waals surface area contributed by atoms with Gasteiger partial charge in [0.25, 0.3) is 0 Å². The molecule has 0 radical (unpaired) electrons. The second kappa shape index (κ2) is 6.21. The number of nitrogens with zero attached hydrogens (tertiary/aromatic N) is 1. The van der Waals surface area contributed by atoms with Gasteiger partial charge < -0.3 is 14.7 Å². The Morgan fingerprint density at radius 1 is 1.40 bits per heavy atom. The van der Waals surface area contributed by atoms with E-state index in [-0.39, 0.29) is 11.4 Å². The zero-order valence-corrected chi connectivity index (χ0v) is 12.3. The first-order valence-corrected chi connectivity index (χ1v) is 7.79. The van der Waals surface area contributed by atoms with Crippen molar-refractivity contribution in [3.05, 3.63) is 35.8 Å². The summed E-state index contributed by atoms with van der Waals surface area (Å²) in [5.74, 6) is 1.54. The molecule has 0 saturated heterocycles. The van der Waals surface area contributed by atoms with Gasteiger partial charge in [0, 0.05) is 18.5 Å². The van der Waals surface area contributed by atoms with E-state index < -0.39 is 10.0 Å². The summed E-state index contributed by atoms with van der Waals surface area (Å²) in [7, 11) is -3.60. The first kappa shape index (κ1) is 14.8. The molecular weight excluding hydrogens is 280 g/mol. The SMILES string of the molecule is CCNCc1cc(S(=O)(=O)NCc2ncc[nH]2)c(C)o1. The van der Waals surface area contributed by atoms with Crippen LogP contribution in [-0.4, -0.2) is 24.9 Å². The Morgan fingerprint density at radius 2 is 2.20 bits per heavy atom. The van der Waals surface area contributed by atoms with Crippen molar-refractivity contribution >= 4 is 10.0 Å². The summed E-state index contributed by atoms with van der Waals surface area (Å²) >= 11 is 0. The molecule has 0 fully saturated rings. The van der Waals surface area contributed by atoms with Gasteiger partial charge in [0.15, 0.2) is 0 Å². The van der Waals surface area contributed by atoms with Crippen LogP contribution in [0, 0.1) is 6.92 Å². The molecule has 2 rings (SSSR count). The highest BCUT2D eigenvalue weighted by Gasteiger charge is 2.21. The van der Waals surface area contributed by atoms with Gasteiger partial charge in [-0.2, -0.15) is 0 Å². The minimum absolute atomic E-state index is 0.114. The van der Waals surface area contributed by atoms with Crippen LogP contribution in [0.4, 0.5) is 0 Å². The van der Waals surface area contributed by atoms with E-state index in [1.54, 1.807) is 25.4 Å². The summed E-state index contributed by atoms with van der Waals surface area (Å²) in [6.45, 7) is 5.02. The van der Waals surface area contributed by atoms with Gasteiger partial charge in [0.2, 0.25) is 10.0 Å². The highest BCUT2D eigenvalue weighted by atomic mass is 32.2. The summed E-state index contributed by atoms with van der Waals surface area (Å²) in [6, 6.07) is 1.54. The molecule has 2 aromatic rings. The van der Waals surface area contributed by atoms with E-state index in [4.69, 9.17) is 4.42 Å². The number of hydrogen-bond acceptors (Lipinski definition) is 5. The summed E-state index contributed by atoms with van der Waals surface area (Å²) in [5, 5.41) is 3.09. The Morgan fingerprint density at radius 3 is 2.85 bits per heavy atom. The molecule has 0 bridgehead atoms. The second-order valence-corrected chi connectivity index (χ2v) is 6.01. The molecule has 7 nitrogen and oxygen atoms in total. The summed E-state index contributed by atoms with van der Waals surface area (Å²) in [5.41, 5.74) is 0. The Kier molecular flexibility index (Phi) is 4.58. The molecule has 0 unspecified atom stereocenters. The zero-order chi connectivity index (χ0) is 14.6. The Labute approximate surface area is 117 Å². The summed E-state index contributed by atoms with van der Waals surface area (Å²) < 4.78 is 32.3. The van der Waals surface area contributed by atoms with Gasteiger partial charge in [-0.15, -0.1) is 0 Å². The lowest BCUT2D eigenvalue weighted by molar-refractivity contribution is 0.460. The molecule has 3 N–H and O–H groups in total. The van der Waals surface area contributed by atoms with E-state index >= 15 is 0 Å². The number of hydrogen-bond donors (Lipinski definition) is 3. The largest absolute Gasteiger partial charge is 0.464 e. The van der Waals surface area contributed by atoms with Crippen molar-refractivity contribution in [1.29, 1.82) is 0 Å². The Balaban J connectivity index is 2.10. The average molecular weight is 298 g/mol. The number of aromatic amines is 1. The minimum atomic E-state index is -3.60. The molecule has 0 aliphatic rings. The lowest BCUT2D eigenvalue weighted by Crippen LogP contribution is -2.24. The standard InChI is InChI=1S/C12H18N4O3S/c1-3-13-7-10-6-11(9(2)19-10)20(17,18)16-8-12-14-4-5-15-12/h4-6,13,16H,3,7-8H2,1-2H3,(H,14,15). The maximum absolute atomic E-state index is 12.2. The summed E-state index contributed by atoms with van der Waals surface area (Å²) in [4.78, 5) is 6.97. The van der Waals surface area contributed by atoms with Crippen molar-refractivity contribution in [3.63, 3.8) is 0 Å². The van der Waals surface area contributed by atoms with Crippen LogP contribution in [0.5, 0.6) is 0 Å². The third-order valence-electron chi connectivity index (χ3n) is 2.75. The molecule has 20 heavy (non-hydrogen) atoms. The first-order chi connectivity index (χ1) is 9.53. The van der Waals surface area contributed by atoms with Gasteiger partial charge in [-0.05, 0) is 13.5 Å². The number of rotatable bonds is 7. The van der Waals surface area contributed by atoms with Gasteiger partial charge in [0.1, 0.15) is 22.2 Å². The number of H-pyrrole nitrogens is 1. The highest BCUT2D eigenvalue weighted by Crippen LogP contribution is 2.20. The molecule has 0 saturated carbocycles. The fourth-order valence-corrected chi connectivity index (χ4v) is 2.95. The third-order valence-corrected chi connectivity index (χ3v) is 4.26. The van der Waals surface area contributed by atoms with Gasteiger partial charge >= 0.3 is 0 Å². The number of furan rings is 1. The molecule has 2 aromatic heterocycles. The average Bonchev–Trinajstić information content (AvgIpc) is 3.03. The van der Waals surface area contributed by atoms with Gasteiger partial charge in [-0.1, -0.05) is 6.92 Å². The maximum atomic E-state index is 12.2. The molecule has 2 heterocycles. The number of sulfonamides is 1. The predicted molar refractivity (Wildman–Crippen MR) is 73.4 cm³/mol. The topological polar surface area (TPSA) is 100 Å². The van der Waals surface area contributed by atoms with E-state index in [0.717, 1.165) is 6.54 Å². The van der Waals surface area contributed by atoms with Gasteiger partial charge in [0.05, 0.1) is 13.1 Å². The van der Waals surface area contributed by atoms with E-state index in [2.05, 4.69) is 20.0 Å². The van der Waals surface area contributed by atoms with Crippen molar-refractivity contribution in [3.8, 4) is 0 Å². The fraction of sp³-hybridized carbons (Fsp3) is 0.417. The van der Waals surface area contributed by atoms with Crippen LogP contribution in [0.3, 0.4) is 0 Å². The van der Waals surface area contributed by atoms with E-state index in [0.29, 0.717) is 23.9 Å². The molecule has 110 valence electrons. The first-order valence-electron chi connectivity index (χ1n) is 6.31. The van der Waals surface area contributed by atoms with Crippen molar-refractivity contribution in [2.45, 2.75) is 31.8 Å². The quantitative estimate of drug-likeness (QED) is 0.705. The van der Waals surface area contributed by atoms with Crippen LogP contribution in [-0.2, 0) is 23.1 Å². The fourth-order valence-electron chi connectivity index (χ4n) is 1.76. The van der Waals surface area contributed by atoms with Crippen LogP contribution in [0.15, 0.2) is 27.8 Å². The smallest absolute Gasteiger partial charge is 0.244 e. The van der Waals surface area contributed by atoms with Crippen molar-refractivity contribution < 1.29 is 12.8 Å². The van der Waals surface area contributed by atoms with Crippen LogP contribution in [0.1, 0.15) is 24.3 Å². The Bertz CT molecular complexity index is 646. The van der Waals surface area contributed by atoms with Crippen LogP contribution in [0.2, 0.25) is 0 Å². The van der Waals surface area contributed by atoms with Gasteiger partial charge in [-0.3, -0.25) is 0 Å². The maximum Gasteiger partial charge on any atom is 0.244 e. The number of imidazole rings is 1.